The molecule has 0 bridgehead atoms. The van der Waals surface area contributed by atoms with Crippen LogP contribution in [0.3, 0.4) is 0 Å². The van der Waals surface area contributed by atoms with Gasteiger partial charge in [0.05, 0.1) is 5.75 Å². The highest BCUT2D eigenvalue weighted by molar-refractivity contribution is 7.90. The van der Waals surface area contributed by atoms with Gasteiger partial charge in [-0.3, -0.25) is 9.39 Å². The summed E-state index contributed by atoms with van der Waals surface area (Å²) in [4.78, 5) is 4.54. The molecule has 25 heavy (non-hydrogen) atoms. The third kappa shape index (κ3) is 6.33. The lowest BCUT2D eigenvalue weighted by atomic mass is 10.3. The van der Waals surface area contributed by atoms with Crippen molar-refractivity contribution in [2.24, 2.45) is 4.99 Å². The molecule has 0 amide bonds. The Morgan fingerprint density at radius 1 is 1.36 bits per heavy atom. The van der Waals surface area contributed by atoms with E-state index in [0.717, 1.165) is 18.0 Å². The number of hydrogen-bond donors (Lipinski definition) is 2. The monoisotopic (exact) mass is 366 g/mol. The summed E-state index contributed by atoms with van der Waals surface area (Å²) >= 11 is 0. The van der Waals surface area contributed by atoms with E-state index in [-0.39, 0.29) is 11.8 Å². The van der Waals surface area contributed by atoms with Crippen LogP contribution in [0.1, 0.15) is 26.1 Å². The minimum atomic E-state index is -2.95. The molecule has 0 saturated carbocycles. The molecule has 9 heteroatoms. The number of hydrogen-bond acceptors (Lipinski definition) is 5. The van der Waals surface area contributed by atoms with Crippen LogP contribution in [0.15, 0.2) is 29.4 Å². The second-order valence-corrected chi connectivity index (χ2v) is 8.28. The summed E-state index contributed by atoms with van der Waals surface area (Å²) in [5.74, 6) is 1.70. The topological polar surface area (TPSA) is 101 Å². The molecular formula is C16H26N6O2S. The van der Waals surface area contributed by atoms with Crippen molar-refractivity contribution in [2.75, 3.05) is 25.1 Å². The van der Waals surface area contributed by atoms with Crippen LogP contribution in [0.25, 0.3) is 5.65 Å². The van der Waals surface area contributed by atoms with Gasteiger partial charge in [-0.2, -0.15) is 0 Å². The second-order valence-electron chi connectivity index (χ2n) is 6.02. The molecule has 2 aromatic heterocycles. The van der Waals surface area contributed by atoms with Crippen molar-refractivity contribution in [2.45, 2.75) is 32.7 Å². The van der Waals surface area contributed by atoms with E-state index in [1.54, 1.807) is 0 Å². The number of aromatic nitrogens is 3. The van der Waals surface area contributed by atoms with Crippen LogP contribution >= 0.6 is 0 Å². The maximum absolute atomic E-state index is 11.3. The molecule has 0 saturated heterocycles. The van der Waals surface area contributed by atoms with Gasteiger partial charge in [-0.25, -0.2) is 8.42 Å². The molecule has 0 fully saturated rings. The maximum Gasteiger partial charge on any atom is 0.191 e. The van der Waals surface area contributed by atoms with Gasteiger partial charge in [-0.1, -0.05) is 6.07 Å². The van der Waals surface area contributed by atoms with Gasteiger partial charge >= 0.3 is 0 Å². The van der Waals surface area contributed by atoms with Gasteiger partial charge in [0.2, 0.25) is 0 Å². The smallest absolute Gasteiger partial charge is 0.191 e. The van der Waals surface area contributed by atoms with Crippen LogP contribution < -0.4 is 10.6 Å². The van der Waals surface area contributed by atoms with Crippen LogP contribution in [0.2, 0.25) is 0 Å². The highest BCUT2D eigenvalue weighted by Gasteiger charge is 2.10. The normalized spacial score (nSPS) is 13.8. The number of nitrogens with zero attached hydrogens (tertiary/aromatic N) is 4. The Bertz CT molecular complexity index is 815. The Morgan fingerprint density at radius 2 is 2.16 bits per heavy atom. The standard InChI is InChI=1S/C16H26N6O2S/c1-4-17-16(19-13(2)9-12-25(3,23)24)18-10-8-15-21-20-14-7-5-6-11-22(14)15/h5-7,11,13H,4,8-10,12H2,1-3H3,(H2,17,18,19). The van der Waals surface area contributed by atoms with Gasteiger partial charge in [-0.05, 0) is 32.4 Å². The molecule has 0 aromatic carbocycles. The highest BCUT2D eigenvalue weighted by Crippen LogP contribution is 2.03. The van der Waals surface area contributed by atoms with Crippen molar-refractivity contribution in [3.05, 3.63) is 30.2 Å². The third-order valence-electron chi connectivity index (χ3n) is 3.64. The molecule has 138 valence electrons. The summed E-state index contributed by atoms with van der Waals surface area (Å²) in [5.41, 5.74) is 0.820. The van der Waals surface area contributed by atoms with Crippen molar-refractivity contribution in [1.82, 2.24) is 25.2 Å². The van der Waals surface area contributed by atoms with Gasteiger partial charge in [-0.15, -0.1) is 10.2 Å². The number of fused-ring (bicyclic) bond motifs is 1. The molecule has 2 rings (SSSR count). The summed E-state index contributed by atoms with van der Waals surface area (Å²) in [7, 11) is -2.95. The average Bonchev–Trinajstić information content (AvgIpc) is 2.96. The number of rotatable bonds is 8. The zero-order valence-electron chi connectivity index (χ0n) is 14.9. The number of guanidine groups is 1. The Labute approximate surface area is 148 Å². The molecule has 0 aliphatic heterocycles. The van der Waals surface area contributed by atoms with Crippen molar-refractivity contribution in [3.63, 3.8) is 0 Å². The highest BCUT2D eigenvalue weighted by atomic mass is 32.2. The minimum absolute atomic E-state index is 0.0152. The van der Waals surface area contributed by atoms with E-state index in [1.807, 2.05) is 42.6 Å². The van der Waals surface area contributed by atoms with E-state index >= 15 is 0 Å². The number of sulfone groups is 1. The van der Waals surface area contributed by atoms with E-state index < -0.39 is 9.84 Å². The van der Waals surface area contributed by atoms with E-state index in [0.29, 0.717) is 25.3 Å². The van der Waals surface area contributed by atoms with E-state index in [4.69, 9.17) is 0 Å². The summed E-state index contributed by atoms with van der Waals surface area (Å²) in [5, 5.41) is 14.7. The number of pyridine rings is 1. The molecule has 0 aliphatic carbocycles. The first-order valence-electron chi connectivity index (χ1n) is 8.40. The quantitative estimate of drug-likeness (QED) is 0.525. The Hall–Kier alpha value is -2.16. The first kappa shape index (κ1) is 19.2. The molecule has 0 spiro atoms. The molecule has 2 aromatic rings. The lowest BCUT2D eigenvalue weighted by Gasteiger charge is -2.17. The Balaban J connectivity index is 1.92. The average molecular weight is 366 g/mol. The van der Waals surface area contributed by atoms with Crippen molar-refractivity contribution >= 4 is 21.4 Å². The van der Waals surface area contributed by atoms with Gasteiger partial charge in [0.25, 0.3) is 0 Å². The largest absolute Gasteiger partial charge is 0.357 e. The van der Waals surface area contributed by atoms with Gasteiger partial charge in [0.1, 0.15) is 15.7 Å². The Morgan fingerprint density at radius 3 is 2.88 bits per heavy atom. The zero-order valence-corrected chi connectivity index (χ0v) is 15.8. The lowest BCUT2D eigenvalue weighted by molar-refractivity contribution is 0.581. The number of aliphatic imine (C=N–C) groups is 1. The number of nitrogens with one attached hydrogen (secondary N) is 2. The summed E-state index contributed by atoms with van der Waals surface area (Å²) in [6, 6.07) is 5.80. The summed E-state index contributed by atoms with van der Waals surface area (Å²) in [6.45, 7) is 5.23. The van der Waals surface area contributed by atoms with E-state index in [9.17, 15) is 8.42 Å². The molecule has 0 aliphatic rings. The van der Waals surface area contributed by atoms with Gasteiger partial charge in [0.15, 0.2) is 11.6 Å². The molecule has 8 nitrogen and oxygen atoms in total. The Kier molecular flexibility index (Phi) is 6.74. The summed E-state index contributed by atoms with van der Waals surface area (Å²) in [6.07, 6.45) is 4.39. The lowest BCUT2D eigenvalue weighted by Crippen LogP contribution is -2.43. The van der Waals surface area contributed by atoms with Crippen molar-refractivity contribution in [3.8, 4) is 0 Å². The van der Waals surface area contributed by atoms with Crippen LogP contribution in [-0.2, 0) is 16.3 Å². The molecular weight excluding hydrogens is 340 g/mol. The molecule has 0 radical (unpaired) electrons. The SMILES string of the molecule is CCNC(=NCCc1nnc2ccccn12)NC(C)CCS(C)(=O)=O. The predicted molar refractivity (Wildman–Crippen MR) is 99.6 cm³/mol. The molecule has 2 heterocycles. The predicted octanol–water partition coefficient (Wildman–Crippen LogP) is 0.650. The van der Waals surface area contributed by atoms with E-state index in [1.165, 1.54) is 6.26 Å². The van der Waals surface area contributed by atoms with Crippen LogP contribution in [0, 0.1) is 0 Å². The van der Waals surface area contributed by atoms with Gasteiger partial charge in [0, 0.05) is 38.0 Å². The minimum Gasteiger partial charge on any atom is -0.357 e. The molecule has 1 atom stereocenters. The van der Waals surface area contributed by atoms with Crippen molar-refractivity contribution in [1.29, 1.82) is 0 Å². The van der Waals surface area contributed by atoms with Crippen LogP contribution in [0.5, 0.6) is 0 Å². The first-order chi connectivity index (χ1) is 11.9. The molecule has 2 N–H and O–H groups in total. The fourth-order valence-corrected chi connectivity index (χ4v) is 3.13. The maximum atomic E-state index is 11.3. The summed E-state index contributed by atoms with van der Waals surface area (Å²) < 4.78 is 24.5. The molecule has 1 unspecified atom stereocenters. The van der Waals surface area contributed by atoms with Crippen molar-refractivity contribution < 1.29 is 8.42 Å². The third-order valence-corrected chi connectivity index (χ3v) is 4.62. The fourth-order valence-electron chi connectivity index (χ4n) is 2.35. The van der Waals surface area contributed by atoms with Crippen LogP contribution in [0.4, 0.5) is 0 Å². The fraction of sp³-hybridized carbons (Fsp3) is 0.562. The zero-order chi connectivity index (χ0) is 18.3. The second kappa shape index (κ2) is 8.80. The van der Waals surface area contributed by atoms with E-state index in [2.05, 4.69) is 25.8 Å². The van der Waals surface area contributed by atoms with Gasteiger partial charge < -0.3 is 10.6 Å². The van der Waals surface area contributed by atoms with Crippen LogP contribution in [-0.4, -0.2) is 60.1 Å². The first-order valence-corrected chi connectivity index (χ1v) is 10.5.